The van der Waals surface area contributed by atoms with Gasteiger partial charge in [-0.15, -0.1) is 11.8 Å². The summed E-state index contributed by atoms with van der Waals surface area (Å²) < 4.78 is 14.1. The number of thioether (sulfide) groups is 1. The van der Waals surface area contributed by atoms with Crippen LogP contribution in [0.1, 0.15) is 56.6 Å². The lowest BCUT2D eigenvalue weighted by molar-refractivity contribution is -0.139. The molecule has 9 heteroatoms. The van der Waals surface area contributed by atoms with E-state index in [9.17, 15) is 14.0 Å². The van der Waals surface area contributed by atoms with Gasteiger partial charge in [-0.05, 0) is 49.1 Å². The van der Waals surface area contributed by atoms with E-state index in [0.717, 1.165) is 31.2 Å². The molecule has 0 bridgehead atoms. The number of nitrogens with one attached hydrogen (secondary N) is 1. The first kappa shape index (κ1) is 28.1. The van der Waals surface area contributed by atoms with Crippen molar-refractivity contribution in [2.24, 2.45) is 0 Å². The molecule has 0 radical (unpaired) electrons. The van der Waals surface area contributed by atoms with Gasteiger partial charge in [-0.2, -0.15) is 0 Å². The highest BCUT2D eigenvalue weighted by atomic mass is 35.5. The van der Waals surface area contributed by atoms with Crippen molar-refractivity contribution in [3.8, 4) is 0 Å². The third-order valence-corrected chi connectivity index (χ3v) is 8.25. The first-order valence-corrected chi connectivity index (χ1v) is 14.1. The van der Waals surface area contributed by atoms with Crippen LogP contribution in [0.15, 0.2) is 36.4 Å². The average Bonchev–Trinajstić information content (AvgIpc) is 2.83. The molecule has 35 heavy (non-hydrogen) atoms. The second kappa shape index (κ2) is 13.7. The molecule has 4 nitrogen and oxygen atoms in total. The zero-order chi connectivity index (χ0) is 25.4. The Morgan fingerprint density at radius 1 is 1.09 bits per heavy atom. The van der Waals surface area contributed by atoms with Gasteiger partial charge in [-0.3, -0.25) is 9.59 Å². The fraction of sp³-hybridized carbons (Fsp3) is 0.462. The molecule has 190 valence electrons. The van der Waals surface area contributed by atoms with Crippen LogP contribution in [-0.4, -0.2) is 34.6 Å². The smallest absolute Gasteiger partial charge is 0.243 e. The molecule has 3 rings (SSSR count). The maximum atomic E-state index is 14.1. The molecule has 2 aromatic carbocycles. The summed E-state index contributed by atoms with van der Waals surface area (Å²) in [5, 5.41) is 4.30. The Labute approximate surface area is 225 Å². The molecule has 1 N–H and O–H groups in total. The molecule has 0 aliphatic heterocycles. The van der Waals surface area contributed by atoms with E-state index in [1.54, 1.807) is 35.2 Å². The number of benzene rings is 2. The molecule has 0 unspecified atom stereocenters. The summed E-state index contributed by atoms with van der Waals surface area (Å²) in [6.45, 7) is 2.11. The van der Waals surface area contributed by atoms with Gasteiger partial charge >= 0.3 is 0 Å². The van der Waals surface area contributed by atoms with Gasteiger partial charge in [-0.25, -0.2) is 4.39 Å². The molecule has 0 aromatic heterocycles. The minimum atomic E-state index is -0.628. The third-order valence-electron chi connectivity index (χ3n) is 6.21. The van der Waals surface area contributed by atoms with E-state index in [0.29, 0.717) is 27.1 Å². The van der Waals surface area contributed by atoms with Gasteiger partial charge in [0.05, 0.1) is 15.8 Å². The van der Waals surface area contributed by atoms with E-state index in [-0.39, 0.29) is 35.9 Å². The maximum absolute atomic E-state index is 14.1. The van der Waals surface area contributed by atoms with Gasteiger partial charge in [0.15, 0.2) is 0 Å². The Balaban J connectivity index is 1.75. The Hall–Kier alpha value is -1.47. The number of amides is 2. The molecule has 0 heterocycles. The quantitative estimate of drug-likeness (QED) is 0.333. The molecule has 1 saturated carbocycles. The molecule has 0 spiro atoms. The van der Waals surface area contributed by atoms with Gasteiger partial charge in [0, 0.05) is 28.9 Å². The highest BCUT2D eigenvalue weighted by Gasteiger charge is 2.30. The fourth-order valence-corrected chi connectivity index (χ4v) is 5.86. The highest BCUT2D eigenvalue weighted by Crippen LogP contribution is 2.27. The lowest BCUT2D eigenvalue weighted by Gasteiger charge is -2.33. The predicted molar refractivity (Wildman–Crippen MR) is 144 cm³/mol. The Morgan fingerprint density at radius 2 is 1.83 bits per heavy atom. The number of hydrogen-bond acceptors (Lipinski definition) is 3. The SMILES string of the molecule is CC[C@H](C(=O)NC1CCCCC1)N(Cc1ccc(Cl)c(Cl)c1)C(=O)CSCc1c(F)cccc1Cl. The third kappa shape index (κ3) is 8.01. The van der Waals surface area contributed by atoms with E-state index in [4.69, 9.17) is 34.8 Å². The topological polar surface area (TPSA) is 49.4 Å². The van der Waals surface area contributed by atoms with Crippen molar-refractivity contribution >= 4 is 58.4 Å². The Kier molecular flexibility index (Phi) is 11.0. The molecule has 2 amide bonds. The van der Waals surface area contributed by atoms with E-state index >= 15 is 0 Å². The molecule has 1 aliphatic rings. The number of carbonyl (C=O) groups excluding carboxylic acids is 2. The average molecular weight is 560 g/mol. The van der Waals surface area contributed by atoms with Crippen LogP contribution < -0.4 is 5.32 Å². The normalized spacial score (nSPS) is 15.0. The first-order chi connectivity index (χ1) is 16.8. The summed E-state index contributed by atoms with van der Waals surface area (Å²) in [6.07, 6.45) is 5.78. The van der Waals surface area contributed by atoms with Crippen LogP contribution in [0.3, 0.4) is 0 Å². The molecular weight excluding hydrogens is 530 g/mol. The summed E-state index contributed by atoms with van der Waals surface area (Å²) in [6, 6.07) is 9.23. The highest BCUT2D eigenvalue weighted by molar-refractivity contribution is 7.99. The van der Waals surface area contributed by atoms with Crippen LogP contribution in [0.5, 0.6) is 0 Å². The maximum Gasteiger partial charge on any atom is 0.243 e. The monoisotopic (exact) mass is 558 g/mol. The molecule has 1 atom stereocenters. The van der Waals surface area contributed by atoms with E-state index in [2.05, 4.69) is 5.32 Å². The first-order valence-electron chi connectivity index (χ1n) is 11.8. The second-order valence-corrected chi connectivity index (χ2v) is 10.9. The van der Waals surface area contributed by atoms with E-state index < -0.39 is 11.9 Å². The Bertz CT molecular complexity index is 1010. The number of carbonyl (C=O) groups is 2. The summed E-state index contributed by atoms with van der Waals surface area (Å²) in [5.41, 5.74) is 1.14. The Morgan fingerprint density at radius 3 is 2.49 bits per heavy atom. The molecule has 2 aromatic rings. The van der Waals surface area contributed by atoms with Crippen LogP contribution >= 0.6 is 46.6 Å². The van der Waals surface area contributed by atoms with Crippen LogP contribution in [0.4, 0.5) is 4.39 Å². The summed E-state index contributed by atoms with van der Waals surface area (Å²) in [7, 11) is 0. The summed E-state index contributed by atoms with van der Waals surface area (Å²) >= 11 is 19.6. The van der Waals surface area contributed by atoms with Gasteiger partial charge in [0.25, 0.3) is 0 Å². The van der Waals surface area contributed by atoms with E-state index in [1.165, 1.54) is 24.2 Å². The lowest BCUT2D eigenvalue weighted by atomic mass is 9.95. The van der Waals surface area contributed by atoms with Crippen molar-refractivity contribution in [1.82, 2.24) is 10.2 Å². The number of rotatable bonds is 10. The minimum absolute atomic E-state index is 0.0825. The molecule has 0 saturated heterocycles. The van der Waals surface area contributed by atoms with Gasteiger partial charge in [0.2, 0.25) is 11.8 Å². The molecule has 1 aliphatic carbocycles. The lowest BCUT2D eigenvalue weighted by Crippen LogP contribution is -2.52. The summed E-state index contributed by atoms with van der Waals surface area (Å²) in [4.78, 5) is 28.2. The zero-order valence-electron chi connectivity index (χ0n) is 19.7. The van der Waals surface area contributed by atoms with Crippen molar-refractivity contribution in [2.75, 3.05) is 5.75 Å². The van der Waals surface area contributed by atoms with Crippen LogP contribution in [0.25, 0.3) is 0 Å². The fourth-order valence-electron chi connectivity index (χ4n) is 4.29. The minimum Gasteiger partial charge on any atom is -0.352 e. The van der Waals surface area contributed by atoms with Crippen molar-refractivity contribution in [3.63, 3.8) is 0 Å². The van der Waals surface area contributed by atoms with Crippen molar-refractivity contribution in [2.45, 2.75) is 69.8 Å². The summed E-state index contributed by atoms with van der Waals surface area (Å²) in [5.74, 6) is -0.417. The van der Waals surface area contributed by atoms with Gasteiger partial charge in [0.1, 0.15) is 11.9 Å². The van der Waals surface area contributed by atoms with Crippen molar-refractivity contribution < 1.29 is 14.0 Å². The number of halogens is 4. The van der Waals surface area contributed by atoms with E-state index in [1.807, 2.05) is 6.92 Å². The van der Waals surface area contributed by atoms with Gasteiger partial charge in [-0.1, -0.05) is 73.1 Å². The number of nitrogens with zero attached hydrogens (tertiary/aromatic N) is 1. The number of hydrogen-bond donors (Lipinski definition) is 1. The zero-order valence-corrected chi connectivity index (χ0v) is 22.8. The van der Waals surface area contributed by atoms with Crippen LogP contribution in [0.2, 0.25) is 15.1 Å². The van der Waals surface area contributed by atoms with Gasteiger partial charge < -0.3 is 10.2 Å². The van der Waals surface area contributed by atoms with Crippen molar-refractivity contribution in [3.05, 3.63) is 68.4 Å². The second-order valence-electron chi connectivity index (χ2n) is 8.73. The molecular formula is C26H30Cl3FN2O2S. The van der Waals surface area contributed by atoms with Crippen LogP contribution in [0, 0.1) is 5.82 Å². The predicted octanol–water partition coefficient (Wildman–Crippen LogP) is 7.28. The largest absolute Gasteiger partial charge is 0.352 e. The standard InChI is InChI=1S/C26H30Cl3FN2O2S/c1-2-24(26(34)31-18-7-4-3-5-8-18)32(14-17-11-12-21(28)22(29)13-17)25(33)16-35-15-19-20(27)9-6-10-23(19)30/h6,9-13,18,24H,2-5,7-8,14-16H2,1H3,(H,31,34)/t24-/m1/s1. The van der Waals surface area contributed by atoms with Crippen LogP contribution in [-0.2, 0) is 21.9 Å². The molecule has 1 fully saturated rings. The van der Waals surface area contributed by atoms with Crippen molar-refractivity contribution in [1.29, 1.82) is 0 Å².